The maximum Gasteiger partial charge on any atom is 0.256 e. The molecule has 1 aliphatic rings. The summed E-state index contributed by atoms with van der Waals surface area (Å²) in [6.07, 6.45) is 3.89. The van der Waals surface area contributed by atoms with E-state index in [1.165, 1.54) is 6.42 Å². The summed E-state index contributed by atoms with van der Waals surface area (Å²) in [4.78, 5) is 19.0. The number of hydrazine groups is 1. The second-order valence-corrected chi connectivity index (χ2v) is 5.71. The van der Waals surface area contributed by atoms with Crippen molar-refractivity contribution in [3.8, 4) is 0 Å². The van der Waals surface area contributed by atoms with Crippen LogP contribution >= 0.6 is 0 Å². The van der Waals surface area contributed by atoms with Crippen LogP contribution in [0.5, 0.6) is 0 Å². The van der Waals surface area contributed by atoms with Crippen molar-refractivity contribution in [2.75, 3.05) is 18.5 Å². The molecule has 0 spiro atoms. The number of aromatic nitrogens is 1. The van der Waals surface area contributed by atoms with Crippen molar-refractivity contribution < 1.29 is 4.79 Å². The van der Waals surface area contributed by atoms with E-state index in [1.807, 2.05) is 29.2 Å². The lowest BCUT2D eigenvalue weighted by Crippen LogP contribution is -2.39. The number of carbonyl (C=O) groups is 1. The van der Waals surface area contributed by atoms with Crippen molar-refractivity contribution in [3.63, 3.8) is 0 Å². The normalized spacial score (nSPS) is 18.8. The van der Waals surface area contributed by atoms with Crippen LogP contribution in [0.2, 0.25) is 0 Å². The quantitative estimate of drug-likeness (QED) is 0.656. The van der Waals surface area contributed by atoms with Gasteiger partial charge in [-0.05, 0) is 24.1 Å². The van der Waals surface area contributed by atoms with Crippen molar-refractivity contribution in [2.24, 2.45) is 11.8 Å². The van der Waals surface area contributed by atoms with Crippen molar-refractivity contribution in [3.05, 3.63) is 36.0 Å². The number of nitrogens with zero attached hydrogens (tertiary/aromatic N) is 2. The summed E-state index contributed by atoms with van der Waals surface area (Å²) in [5.74, 6) is 6.71. The maximum atomic E-state index is 12.8. The molecule has 1 aromatic heterocycles. The lowest BCUT2D eigenvalue weighted by atomic mass is 9.99. The summed E-state index contributed by atoms with van der Waals surface area (Å²) >= 11 is 0. The molecule has 0 bridgehead atoms. The van der Waals surface area contributed by atoms with Crippen molar-refractivity contribution in [1.82, 2.24) is 9.88 Å². The lowest BCUT2D eigenvalue weighted by molar-refractivity contribution is 0.0684. The first-order valence-electron chi connectivity index (χ1n) is 7.34. The summed E-state index contributed by atoms with van der Waals surface area (Å²) < 4.78 is 0. The number of nitrogens with one attached hydrogen (secondary N) is 1. The number of fused-ring (bicyclic) bond motifs is 1. The third kappa shape index (κ3) is 2.56. The number of hydrogen-bond acceptors (Lipinski definition) is 4. The number of benzene rings is 1. The Balaban J connectivity index is 2.02. The number of carbonyl (C=O) groups excluding carboxylic acids is 1. The molecule has 5 heteroatoms. The molecule has 2 heterocycles. The van der Waals surface area contributed by atoms with Gasteiger partial charge in [0.25, 0.3) is 5.91 Å². The van der Waals surface area contributed by atoms with E-state index in [2.05, 4.69) is 17.3 Å². The van der Waals surface area contributed by atoms with Gasteiger partial charge in [0, 0.05) is 24.7 Å². The molecule has 3 rings (SSSR count). The number of amides is 1. The molecule has 2 aromatic rings. The Morgan fingerprint density at radius 3 is 2.86 bits per heavy atom. The molecule has 0 saturated carbocycles. The Kier molecular flexibility index (Phi) is 3.75. The molecule has 3 N–H and O–H groups in total. The van der Waals surface area contributed by atoms with Gasteiger partial charge in [0.05, 0.1) is 5.56 Å². The second kappa shape index (κ2) is 5.69. The highest BCUT2D eigenvalue weighted by Gasteiger charge is 2.24. The number of rotatable bonds is 2. The highest BCUT2D eigenvalue weighted by atomic mass is 16.2. The molecule has 1 aliphatic heterocycles. The van der Waals surface area contributed by atoms with Gasteiger partial charge in [0.2, 0.25) is 0 Å². The number of pyridine rings is 1. The maximum absolute atomic E-state index is 12.8. The van der Waals surface area contributed by atoms with E-state index in [1.54, 1.807) is 6.20 Å². The van der Waals surface area contributed by atoms with Crippen molar-refractivity contribution in [1.29, 1.82) is 0 Å². The SMILES string of the molecule is CC1CCCN(C(=O)c2cnc(NN)c3ccccc23)C1. The van der Waals surface area contributed by atoms with Crippen molar-refractivity contribution >= 4 is 22.5 Å². The van der Waals surface area contributed by atoms with Crippen LogP contribution in [0, 0.1) is 5.92 Å². The molecule has 1 atom stereocenters. The first-order chi connectivity index (χ1) is 10.2. The van der Waals surface area contributed by atoms with Crippen LogP contribution in [0.4, 0.5) is 5.82 Å². The van der Waals surface area contributed by atoms with E-state index < -0.39 is 0 Å². The summed E-state index contributed by atoms with van der Waals surface area (Å²) in [6, 6.07) is 7.71. The predicted molar refractivity (Wildman–Crippen MR) is 83.9 cm³/mol. The van der Waals surface area contributed by atoms with E-state index in [0.29, 0.717) is 17.3 Å². The first kappa shape index (κ1) is 13.8. The summed E-state index contributed by atoms with van der Waals surface area (Å²) in [5.41, 5.74) is 3.24. The fourth-order valence-corrected chi connectivity index (χ4v) is 3.02. The fourth-order valence-electron chi connectivity index (χ4n) is 3.02. The van der Waals surface area contributed by atoms with Crippen LogP contribution in [-0.2, 0) is 0 Å². The molecule has 5 nitrogen and oxygen atoms in total. The van der Waals surface area contributed by atoms with E-state index in [4.69, 9.17) is 5.84 Å². The molecular weight excluding hydrogens is 264 g/mol. The predicted octanol–water partition coefficient (Wildman–Crippen LogP) is 2.39. The van der Waals surface area contributed by atoms with Crippen LogP contribution < -0.4 is 11.3 Å². The average molecular weight is 284 g/mol. The van der Waals surface area contributed by atoms with Gasteiger partial charge in [-0.2, -0.15) is 0 Å². The number of hydrogen-bond donors (Lipinski definition) is 2. The standard InChI is InChI=1S/C16H20N4O/c1-11-5-4-8-20(10-11)16(21)14-9-18-15(19-17)13-7-3-2-6-12(13)14/h2-3,6-7,9,11H,4-5,8,10,17H2,1H3,(H,18,19). The monoisotopic (exact) mass is 284 g/mol. The van der Waals surface area contributed by atoms with Gasteiger partial charge in [-0.25, -0.2) is 10.8 Å². The number of likely N-dealkylation sites (tertiary alicyclic amines) is 1. The van der Waals surface area contributed by atoms with Crippen LogP contribution in [0.1, 0.15) is 30.1 Å². The molecule has 21 heavy (non-hydrogen) atoms. The minimum absolute atomic E-state index is 0.0637. The Morgan fingerprint density at radius 1 is 1.38 bits per heavy atom. The Hall–Kier alpha value is -2.14. The third-order valence-corrected chi connectivity index (χ3v) is 4.11. The summed E-state index contributed by atoms with van der Waals surface area (Å²) in [7, 11) is 0. The van der Waals surface area contributed by atoms with Gasteiger partial charge in [-0.15, -0.1) is 0 Å². The van der Waals surface area contributed by atoms with Crippen LogP contribution in [0.15, 0.2) is 30.5 Å². The Bertz CT molecular complexity index is 670. The van der Waals surface area contributed by atoms with E-state index in [9.17, 15) is 4.79 Å². The second-order valence-electron chi connectivity index (χ2n) is 5.71. The van der Waals surface area contributed by atoms with Gasteiger partial charge >= 0.3 is 0 Å². The van der Waals surface area contributed by atoms with Gasteiger partial charge in [0.15, 0.2) is 0 Å². The Labute approximate surface area is 124 Å². The highest BCUT2D eigenvalue weighted by molar-refractivity contribution is 6.09. The number of anilines is 1. The van der Waals surface area contributed by atoms with Crippen LogP contribution in [0.25, 0.3) is 10.8 Å². The first-order valence-corrected chi connectivity index (χ1v) is 7.34. The minimum atomic E-state index is 0.0637. The largest absolute Gasteiger partial charge is 0.338 e. The van der Waals surface area contributed by atoms with E-state index in [-0.39, 0.29) is 5.91 Å². The summed E-state index contributed by atoms with van der Waals surface area (Å²) in [6.45, 7) is 3.84. The smallest absolute Gasteiger partial charge is 0.256 e. The van der Waals surface area contributed by atoms with Gasteiger partial charge in [0.1, 0.15) is 5.82 Å². The Morgan fingerprint density at radius 2 is 2.14 bits per heavy atom. The molecule has 0 aliphatic carbocycles. The van der Waals surface area contributed by atoms with Gasteiger partial charge in [-0.1, -0.05) is 31.2 Å². The van der Waals surface area contributed by atoms with E-state index >= 15 is 0 Å². The average Bonchev–Trinajstić information content (AvgIpc) is 2.53. The highest BCUT2D eigenvalue weighted by Crippen LogP contribution is 2.26. The molecular formula is C16H20N4O. The molecule has 1 fully saturated rings. The zero-order valence-corrected chi connectivity index (χ0v) is 12.2. The zero-order valence-electron chi connectivity index (χ0n) is 12.2. The summed E-state index contributed by atoms with van der Waals surface area (Å²) in [5, 5.41) is 1.76. The van der Waals surface area contributed by atoms with Crippen LogP contribution in [-0.4, -0.2) is 28.9 Å². The minimum Gasteiger partial charge on any atom is -0.338 e. The zero-order chi connectivity index (χ0) is 14.8. The van der Waals surface area contributed by atoms with Crippen molar-refractivity contribution in [2.45, 2.75) is 19.8 Å². The number of piperidine rings is 1. The molecule has 110 valence electrons. The lowest BCUT2D eigenvalue weighted by Gasteiger charge is -2.31. The third-order valence-electron chi connectivity index (χ3n) is 4.11. The number of nitrogens with two attached hydrogens (primary N) is 1. The van der Waals surface area contributed by atoms with E-state index in [0.717, 1.165) is 30.3 Å². The van der Waals surface area contributed by atoms with Gasteiger partial charge in [-0.3, -0.25) is 4.79 Å². The molecule has 1 amide bonds. The molecule has 1 aromatic carbocycles. The van der Waals surface area contributed by atoms with Crippen LogP contribution in [0.3, 0.4) is 0 Å². The van der Waals surface area contributed by atoms with Gasteiger partial charge < -0.3 is 10.3 Å². The fraction of sp³-hybridized carbons (Fsp3) is 0.375. The molecule has 1 unspecified atom stereocenters. The number of nitrogen functional groups attached to an aromatic ring is 1. The topological polar surface area (TPSA) is 71.2 Å². The molecule has 0 radical (unpaired) electrons. The molecule has 1 saturated heterocycles.